The Kier molecular flexibility index (Phi) is 3.40. The van der Waals surface area contributed by atoms with E-state index < -0.39 is 0 Å². The number of nitrogens with zero attached hydrogens (tertiary/aromatic N) is 4. The van der Waals surface area contributed by atoms with Gasteiger partial charge in [-0.15, -0.1) is 0 Å². The monoisotopic (exact) mass is 187 g/mol. The van der Waals surface area contributed by atoms with Gasteiger partial charge in [0.15, 0.2) is 5.69 Å². The summed E-state index contributed by atoms with van der Waals surface area (Å²) in [5, 5.41) is 19.9. The first-order valence-electron chi connectivity index (χ1n) is 4.12. The van der Waals surface area contributed by atoms with Crippen LogP contribution in [0, 0.1) is 22.7 Å². The van der Waals surface area contributed by atoms with Gasteiger partial charge in [0, 0.05) is 6.04 Å². The first-order valence-corrected chi connectivity index (χ1v) is 4.12. The average Bonchev–Trinajstić information content (AvgIpc) is 2.19. The smallest absolute Gasteiger partial charge is 0.158 e. The Bertz CT molecular complexity index is 370. The second-order valence-corrected chi connectivity index (χ2v) is 2.81. The minimum absolute atomic E-state index is 0.0298. The third kappa shape index (κ3) is 2.72. The van der Waals surface area contributed by atoms with E-state index in [1.54, 1.807) is 0 Å². The normalized spacial score (nSPS) is 11.1. The Labute approximate surface area is 82.0 Å². The van der Waals surface area contributed by atoms with Crippen molar-refractivity contribution >= 4 is 5.82 Å². The lowest BCUT2D eigenvalue weighted by Crippen LogP contribution is -2.15. The SMILES string of the molecule is CC(CC#N)Nc1cnc(C#N)cn1. The number of hydrogen-bond donors (Lipinski definition) is 1. The Morgan fingerprint density at radius 1 is 1.43 bits per heavy atom. The van der Waals surface area contributed by atoms with Crippen molar-refractivity contribution in [3.8, 4) is 12.1 Å². The number of aromatic nitrogens is 2. The van der Waals surface area contributed by atoms with Gasteiger partial charge in [0.2, 0.25) is 0 Å². The van der Waals surface area contributed by atoms with Crippen molar-refractivity contribution in [1.82, 2.24) is 9.97 Å². The molecule has 0 bridgehead atoms. The molecule has 1 aromatic rings. The zero-order valence-corrected chi connectivity index (χ0v) is 7.73. The van der Waals surface area contributed by atoms with E-state index in [1.807, 2.05) is 19.1 Å². The maximum atomic E-state index is 8.48. The molecule has 0 aliphatic heterocycles. The summed E-state index contributed by atoms with van der Waals surface area (Å²) < 4.78 is 0. The van der Waals surface area contributed by atoms with Crippen molar-refractivity contribution in [3.05, 3.63) is 18.1 Å². The van der Waals surface area contributed by atoms with E-state index in [9.17, 15) is 0 Å². The molecule has 1 heterocycles. The van der Waals surface area contributed by atoms with Crippen LogP contribution in [0.15, 0.2) is 12.4 Å². The minimum Gasteiger partial charge on any atom is -0.365 e. The first kappa shape index (κ1) is 9.94. The van der Waals surface area contributed by atoms with Crippen LogP contribution >= 0.6 is 0 Å². The molecule has 14 heavy (non-hydrogen) atoms. The molecule has 0 aliphatic rings. The zero-order chi connectivity index (χ0) is 10.4. The largest absolute Gasteiger partial charge is 0.365 e. The van der Waals surface area contributed by atoms with E-state index >= 15 is 0 Å². The fourth-order valence-corrected chi connectivity index (χ4v) is 0.901. The lowest BCUT2D eigenvalue weighted by Gasteiger charge is -2.09. The number of nitrogens with one attached hydrogen (secondary N) is 1. The van der Waals surface area contributed by atoms with Crippen molar-refractivity contribution in [2.75, 3.05) is 5.32 Å². The summed E-state index contributed by atoms with van der Waals surface area (Å²) >= 11 is 0. The van der Waals surface area contributed by atoms with Crippen molar-refractivity contribution in [1.29, 1.82) is 10.5 Å². The highest BCUT2D eigenvalue weighted by molar-refractivity contribution is 5.34. The Morgan fingerprint density at radius 3 is 2.71 bits per heavy atom. The van der Waals surface area contributed by atoms with Crippen LogP contribution in [0.25, 0.3) is 0 Å². The summed E-state index contributed by atoms with van der Waals surface area (Å²) in [6.07, 6.45) is 3.27. The molecule has 0 aliphatic carbocycles. The van der Waals surface area contributed by atoms with Gasteiger partial charge in [-0.3, -0.25) is 0 Å². The van der Waals surface area contributed by atoms with E-state index in [-0.39, 0.29) is 11.7 Å². The number of nitriles is 2. The van der Waals surface area contributed by atoms with Crippen molar-refractivity contribution in [2.45, 2.75) is 19.4 Å². The van der Waals surface area contributed by atoms with Crippen molar-refractivity contribution < 1.29 is 0 Å². The van der Waals surface area contributed by atoms with Crippen LogP contribution in [0.2, 0.25) is 0 Å². The highest BCUT2D eigenvalue weighted by Crippen LogP contribution is 2.03. The van der Waals surface area contributed by atoms with E-state index in [2.05, 4.69) is 15.3 Å². The van der Waals surface area contributed by atoms with Crippen LogP contribution in [0.5, 0.6) is 0 Å². The lowest BCUT2D eigenvalue weighted by molar-refractivity contribution is 0.812. The molecule has 1 atom stereocenters. The van der Waals surface area contributed by atoms with Crippen LogP contribution in [0.4, 0.5) is 5.82 Å². The van der Waals surface area contributed by atoms with Crippen molar-refractivity contribution in [3.63, 3.8) is 0 Å². The number of rotatable bonds is 3. The molecule has 1 aromatic heterocycles. The molecule has 0 radical (unpaired) electrons. The van der Waals surface area contributed by atoms with Gasteiger partial charge in [0.05, 0.1) is 24.9 Å². The third-order valence-electron chi connectivity index (χ3n) is 1.56. The maximum absolute atomic E-state index is 8.48. The van der Waals surface area contributed by atoms with Gasteiger partial charge in [-0.2, -0.15) is 10.5 Å². The summed E-state index contributed by atoms with van der Waals surface area (Å²) in [4.78, 5) is 7.81. The van der Waals surface area contributed by atoms with Gasteiger partial charge in [0.25, 0.3) is 0 Å². The highest BCUT2D eigenvalue weighted by atomic mass is 15.0. The second-order valence-electron chi connectivity index (χ2n) is 2.81. The van der Waals surface area contributed by atoms with Gasteiger partial charge in [-0.1, -0.05) is 0 Å². The first-order chi connectivity index (χ1) is 6.76. The predicted molar refractivity (Wildman–Crippen MR) is 50.1 cm³/mol. The van der Waals surface area contributed by atoms with Crippen molar-refractivity contribution in [2.24, 2.45) is 0 Å². The second kappa shape index (κ2) is 4.78. The fraction of sp³-hybridized carbons (Fsp3) is 0.333. The zero-order valence-electron chi connectivity index (χ0n) is 7.73. The van der Waals surface area contributed by atoms with Gasteiger partial charge >= 0.3 is 0 Å². The minimum atomic E-state index is 0.0298. The lowest BCUT2D eigenvalue weighted by atomic mass is 10.2. The van der Waals surface area contributed by atoms with E-state index in [4.69, 9.17) is 10.5 Å². The molecule has 5 heteroatoms. The van der Waals surface area contributed by atoms with Crippen LogP contribution in [0.1, 0.15) is 19.0 Å². The van der Waals surface area contributed by atoms with E-state index in [1.165, 1.54) is 12.4 Å². The van der Waals surface area contributed by atoms with Crippen LogP contribution < -0.4 is 5.32 Å². The van der Waals surface area contributed by atoms with E-state index in [0.717, 1.165) is 0 Å². The summed E-state index contributed by atoms with van der Waals surface area (Å²) in [6.45, 7) is 1.88. The number of hydrogen-bond acceptors (Lipinski definition) is 5. The molecule has 5 nitrogen and oxygen atoms in total. The summed E-state index contributed by atoms with van der Waals surface area (Å²) in [6, 6.07) is 3.96. The highest BCUT2D eigenvalue weighted by Gasteiger charge is 2.02. The fourth-order valence-electron chi connectivity index (χ4n) is 0.901. The third-order valence-corrected chi connectivity index (χ3v) is 1.56. The Morgan fingerprint density at radius 2 is 2.21 bits per heavy atom. The van der Waals surface area contributed by atoms with Gasteiger partial charge in [-0.05, 0) is 6.92 Å². The van der Waals surface area contributed by atoms with Crippen LogP contribution in [-0.2, 0) is 0 Å². The molecule has 0 saturated carbocycles. The molecule has 1 unspecified atom stereocenters. The predicted octanol–water partition coefficient (Wildman–Crippen LogP) is 1.06. The van der Waals surface area contributed by atoms with Crippen LogP contribution in [0.3, 0.4) is 0 Å². The van der Waals surface area contributed by atoms with Crippen LogP contribution in [-0.4, -0.2) is 16.0 Å². The molecule has 1 N–H and O–H groups in total. The molecule has 0 aromatic carbocycles. The summed E-state index contributed by atoms with van der Waals surface area (Å²) in [7, 11) is 0. The molecular formula is C9H9N5. The maximum Gasteiger partial charge on any atom is 0.158 e. The van der Waals surface area contributed by atoms with Gasteiger partial charge in [-0.25, -0.2) is 9.97 Å². The molecule has 0 fully saturated rings. The van der Waals surface area contributed by atoms with E-state index in [0.29, 0.717) is 12.2 Å². The summed E-state index contributed by atoms with van der Waals surface area (Å²) in [5.74, 6) is 0.576. The molecule has 0 saturated heterocycles. The molecule has 1 rings (SSSR count). The van der Waals surface area contributed by atoms with Gasteiger partial charge in [0.1, 0.15) is 11.9 Å². The Balaban J connectivity index is 2.61. The standard InChI is InChI=1S/C9H9N5/c1-7(2-3-10)14-9-6-12-8(4-11)5-13-9/h5-7H,2H2,1H3,(H,13,14). The molecule has 0 spiro atoms. The molecule has 70 valence electrons. The molecular weight excluding hydrogens is 178 g/mol. The Hall–Kier alpha value is -2.14. The number of anilines is 1. The topological polar surface area (TPSA) is 85.4 Å². The van der Waals surface area contributed by atoms with Gasteiger partial charge < -0.3 is 5.32 Å². The average molecular weight is 187 g/mol. The summed E-state index contributed by atoms with van der Waals surface area (Å²) in [5.41, 5.74) is 0.281. The quantitative estimate of drug-likeness (QED) is 0.764. The molecule has 0 amide bonds.